The SMILES string of the molecule is CN[C@]1(c2cccc(OC(F)(F)F)c2F)CCC[C@](C)(O)C1. The van der Waals surface area contributed by atoms with E-state index in [2.05, 4.69) is 10.1 Å². The van der Waals surface area contributed by atoms with Crippen molar-refractivity contribution in [2.45, 2.75) is 50.1 Å². The zero-order valence-corrected chi connectivity index (χ0v) is 12.4. The predicted molar refractivity (Wildman–Crippen MR) is 72.9 cm³/mol. The van der Waals surface area contributed by atoms with Gasteiger partial charge in [-0.3, -0.25) is 0 Å². The minimum atomic E-state index is -4.95. The first-order chi connectivity index (χ1) is 10.1. The third-order valence-corrected chi connectivity index (χ3v) is 4.18. The van der Waals surface area contributed by atoms with E-state index < -0.39 is 29.1 Å². The second-order valence-corrected chi connectivity index (χ2v) is 6.02. The summed E-state index contributed by atoms with van der Waals surface area (Å²) < 4.78 is 55.3. The zero-order valence-electron chi connectivity index (χ0n) is 12.4. The van der Waals surface area contributed by atoms with E-state index in [-0.39, 0.29) is 12.0 Å². The Bertz CT molecular complexity index is 545. The predicted octanol–water partition coefficient (Wildman–Crippen LogP) is 3.46. The number of rotatable bonds is 3. The van der Waals surface area contributed by atoms with E-state index in [9.17, 15) is 22.7 Å². The maximum absolute atomic E-state index is 14.5. The summed E-state index contributed by atoms with van der Waals surface area (Å²) >= 11 is 0. The lowest BCUT2D eigenvalue weighted by atomic mass is 9.70. The molecule has 1 saturated carbocycles. The van der Waals surface area contributed by atoms with Crippen LogP contribution >= 0.6 is 0 Å². The van der Waals surface area contributed by atoms with Gasteiger partial charge in [-0.05, 0) is 45.7 Å². The van der Waals surface area contributed by atoms with Gasteiger partial charge >= 0.3 is 6.36 Å². The first kappa shape index (κ1) is 17.0. The number of ether oxygens (including phenoxy) is 1. The summed E-state index contributed by atoms with van der Waals surface area (Å²) in [6.07, 6.45) is -3.02. The van der Waals surface area contributed by atoms with Crippen molar-refractivity contribution in [3.8, 4) is 5.75 Å². The van der Waals surface area contributed by atoms with Crippen molar-refractivity contribution in [2.75, 3.05) is 7.05 Å². The number of hydrogen-bond acceptors (Lipinski definition) is 3. The van der Waals surface area contributed by atoms with E-state index >= 15 is 0 Å². The molecule has 2 rings (SSSR count). The molecule has 0 radical (unpaired) electrons. The first-order valence-electron chi connectivity index (χ1n) is 7.05. The molecule has 1 aliphatic carbocycles. The van der Waals surface area contributed by atoms with Gasteiger partial charge in [0.2, 0.25) is 0 Å². The molecule has 1 aromatic rings. The van der Waals surface area contributed by atoms with Crippen LogP contribution < -0.4 is 10.1 Å². The fourth-order valence-electron chi connectivity index (χ4n) is 3.26. The van der Waals surface area contributed by atoms with Gasteiger partial charge in [-0.15, -0.1) is 13.2 Å². The molecule has 22 heavy (non-hydrogen) atoms. The summed E-state index contributed by atoms with van der Waals surface area (Å²) in [7, 11) is 1.61. The Kier molecular flexibility index (Phi) is 4.41. The number of aliphatic hydroxyl groups is 1. The van der Waals surface area contributed by atoms with E-state index in [0.717, 1.165) is 6.07 Å². The highest BCUT2D eigenvalue weighted by Crippen LogP contribution is 2.44. The molecule has 3 nitrogen and oxygen atoms in total. The molecule has 2 N–H and O–H groups in total. The van der Waals surface area contributed by atoms with Gasteiger partial charge in [-0.1, -0.05) is 12.1 Å². The Balaban J connectivity index is 2.44. The van der Waals surface area contributed by atoms with Gasteiger partial charge in [0, 0.05) is 11.1 Å². The Morgan fingerprint density at radius 1 is 1.27 bits per heavy atom. The minimum absolute atomic E-state index is 0.0803. The second-order valence-electron chi connectivity index (χ2n) is 6.02. The van der Waals surface area contributed by atoms with Crippen molar-refractivity contribution >= 4 is 0 Å². The highest BCUT2D eigenvalue weighted by molar-refractivity contribution is 5.36. The van der Waals surface area contributed by atoms with Crippen LogP contribution in [0.5, 0.6) is 5.75 Å². The number of halogens is 4. The molecule has 0 aromatic heterocycles. The number of nitrogens with one attached hydrogen (secondary N) is 1. The summed E-state index contributed by atoms with van der Waals surface area (Å²) in [5.41, 5.74) is -1.84. The van der Waals surface area contributed by atoms with Crippen molar-refractivity contribution in [1.29, 1.82) is 0 Å². The molecule has 124 valence electrons. The Labute approximate surface area is 126 Å². The minimum Gasteiger partial charge on any atom is -0.403 e. The van der Waals surface area contributed by atoms with Crippen LogP contribution in [0.4, 0.5) is 17.6 Å². The molecule has 0 spiro atoms. The Morgan fingerprint density at radius 3 is 2.50 bits per heavy atom. The van der Waals surface area contributed by atoms with Crippen LogP contribution in [0.3, 0.4) is 0 Å². The van der Waals surface area contributed by atoms with Crippen LogP contribution in [0.25, 0.3) is 0 Å². The number of alkyl halides is 3. The summed E-state index contributed by atoms with van der Waals surface area (Å²) in [4.78, 5) is 0. The van der Waals surface area contributed by atoms with Crippen LogP contribution in [0.1, 0.15) is 38.2 Å². The van der Waals surface area contributed by atoms with Crippen molar-refractivity contribution in [3.63, 3.8) is 0 Å². The Hall–Kier alpha value is -1.34. The normalized spacial score (nSPS) is 29.4. The third kappa shape index (κ3) is 3.52. The first-order valence-corrected chi connectivity index (χ1v) is 7.05. The standard InChI is InChI=1S/C15H19F4NO2/c1-13(21)7-4-8-14(9-13,20-2)10-5-3-6-11(12(10)16)22-15(17,18)19/h3,5-6,20-21H,4,7-9H2,1-2H3/t13-,14+/m0/s1. The molecule has 2 atom stereocenters. The van der Waals surface area contributed by atoms with Gasteiger partial charge in [-0.25, -0.2) is 4.39 Å². The molecule has 0 aliphatic heterocycles. The molecule has 0 unspecified atom stereocenters. The van der Waals surface area contributed by atoms with E-state index in [1.54, 1.807) is 14.0 Å². The molecule has 7 heteroatoms. The second kappa shape index (κ2) is 5.70. The van der Waals surface area contributed by atoms with E-state index in [1.807, 2.05) is 0 Å². The van der Waals surface area contributed by atoms with Crippen LogP contribution in [0, 0.1) is 5.82 Å². The Morgan fingerprint density at radius 2 is 1.95 bits per heavy atom. The molecule has 0 bridgehead atoms. The van der Waals surface area contributed by atoms with Crippen molar-refractivity contribution in [3.05, 3.63) is 29.6 Å². The average molecular weight is 321 g/mol. The number of benzene rings is 1. The quantitative estimate of drug-likeness (QED) is 0.838. The highest BCUT2D eigenvalue weighted by atomic mass is 19.4. The average Bonchev–Trinajstić information content (AvgIpc) is 2.38. The van der Waals surface area contributed by atoms with Gasteiger partial charge in [0.15, 0.2) is 11.6 Å². The maximum atomic E-state index is 14.5. The van der Waals surface area contributed by atoms with Crippen molar-refractivity contribution < 1.29 is 27.4 Å². The summed E-state index contributed by atoms with van der Waals surface area (Å²) in [6, 6.07) is 3.69. The molecule has 0 saturated heterocycles. The molecule has 1 fully saturated rings. The molecule has 1 aliphatic rings. The fraction of sp³-hybridized carbons (Fsp3) is 0.600. The van der Waals surface area contributed by atoms with Crippen molar-refractivity contribution in [1.82, 2.24) is 5.32 Å². The van der Waals surface area contributed by atoms with Gasteiger partial charge in [0.25, 0.3) is 0 Å². The summed E-state index contributed by atoms with van der Waals surface area (Å²) in [6.45, 7) is 1.65. The summed E-state index contributed by atoms with van der Waals surface area (Å²) in [5.74, 6) is -1.91. The summed E-state index contributed by atoms with van der Waals surface area (Å²) in [5, 5.41) is 13.3. The van der Waals surface area contributed by atoms with Crippen LogP contribution in [0.2, 0.25) is 0 Å². The van der Waals surface area contributed by atoms with Gasteiger partial charge in [0.05, 0.1) is 5.60 Å². The van der Waals surface area contributed by atoms with E-state index in [1.165, 1.54) is 12.1 Å². The molecular weight excluding hydrogens is 302 g/mol. The lowest BCUT2D eigenvalue weighted by Crippen LogP contribution is -2.50. The van der Waals surface area contributed by atoms with Crippen molar-refractivity contribution in [2.24, 2.45) is 0 Å². The lowest BCUT2D eigenvalue weighted by Gasteiger charge is -2.44. The fourth-order valence-corrected chi connectivity index (χ4v) is 3.26. The monoisotopic (exact) mass is 321 g/mol. The lowest BCUT2D eigenvalue weighted by molar-refractivity contribution is -0.275. The van der Waals surface area contributed by atoms with Gasteiger partial charge in [0.1, 0.15) is 0 Å². The third-order valence-electron chi connectivity index (χ3n) is 4.18. The van der Waals surface area contributed by atoms with Crippen LogP contribution in [-0.4, -0.2) is 24.1 Å². The molecule has 1 aromatic carbocycles. The van der Waals surface area contributed by atoms with E-state index in [0.29, 0.717) is 19.3 Å². The zero-order chi connectivity index (χ0) is 16.6. The van der Waals surface area contributed by atoms with Crippen LogP contribution in [-0.2, 0) is 5.54 Å². The number of hydrogen-bond donors (Lipinski definition) is 2. The van der Waals surface area contributed by atoms with Gasteiger partial charge < -0.3 is 15.2 Å². The largest absolute Gasteiger partial charge is 0.573 e. The maximum Gasteiger partial charge on any atom is 0.573 e. The topological polar surface area (TPSA) is 41.5 Å². The molecule has 0 amide bonds. The molecule has 0 heterocycles. The van der Waals surface area contributed by atoms with Gasteiger partial charge in [-0.2, -0.15) is 0 Å². The molecular formula is C15H19F4NO2. The van der Waals surface area contributed by atoms with Crippen LogP contribution in [0.15, 0.2) is 18.2 Å². The van der Waals surface area contributed by atoms with E-state index in [4.69, 9.17) is 0 Å². The highest BCUT2D eigenvalue weighted by Gasteiger charge is 2.44. The smallest absolute Gasteiger partial charge is 0.403 e.